The molecule has 23 heavy (non-hydrogen) atoms. The second-order valence-electron chi connectivity index (χ2n) is 5.97. The van der Waals surface area contributed by atoms with E-state index in [1.54, 1.807) is 0 Å². The molecule has 0 aliphatic heterocycles. The minimum atomic E-state index is 1.26. The molecule has 0 amide bonds. The zero-order valence-electron chi connectivity index (χ0n) is 13.2. The van der Waals surface area contributed by atoms with Gasteiger partial charge in [0.2, 0.25) is 0 Å². The molecule has 0 N–H and O–H groups in total. The summed E-state index contributed by atoms with van der Waals surface area (Å²) in [4.78, 5) is 0. The molecule has 110 valence electrons. The Hall–Kier alpha value is -2.86. The van der Waals surface area contributed by atoms with Crippen molar-refractivity contribution in [1.82, 2.24) is 0 Å². The molecular formula is C23H18. The van der Waals surface area contributed by atoms with Crippen molar-refractivity contribution in [3.05, 3.63) is 96.6 Å². The lowest BCUT2D eigenvalue weighted by Gasteiger charge is -2.11. The highest BCUT2D eigenvalue weighted by Crippen LogP contribution is 2.33. The molecule has 0 aliphatic rings. The molecule has 0 radical (unpaired) electrons. The quantitative estimate of drug-likeness (QED) is 0.397. The molecule has 0 atom stereocenters. The summed E-state index contributed by atoms with van der Waals surface area (Å²) < 4.78 is 0. The second-order valence-corrected chi connectivity index (χ2v) is 5.97. The van der Waals surface area contributed by atoms with Gasteiger partial charge in [0.25, 0.3) is 0 Å². The van der Waals surface area contributed by atoms with Crippen molar-refractivity contribution in [2.24, 2.45) is 0 Å². The third kappa shape index (κ3) is 2.64. The Labute approximate surface area is 137 Å². The molecule has 4 aromatic carbocycles. The van der Waals surface area contributed by atoms with Gasteiger partial charge < -0.3 is 0 Å². The van der Waals surface area contributed by atoms with Crippen LogP contribution in [0, 0.1) is 6.92 Å². The Kier molecular flexibility index (Phi) is 3.44. The van der Waals surface area contributed by atoms with E-state index < -0.39 is 0 Å². The third-order valence-electron chi connectivity index (χ3n) is 4.35. The van der Waals surface area contributed by atoms with E-state index in [1.165, 1.54) is 38.6 Å². The predicted octanol–water partition coefficient (Wildman–Crippen LogP) is 6.48. The minimum absolute atomic E-state index is 1.26. The van der Waals surface area contributed by atoms with Gasteiger partial charge in [0.15, 0.2) is 0 Å². The molecule has 4 aromatic rings. The topological polar surface area (TPSA) is 0 Å². The van der Waals surface area contributed by atoms with Crippen molar-refractivity contribution >= 4 is 10.8 Å². The van der Waals surface area contributed by atoms with Gasteiger partial charge in [-0.15, -0.1) is 0 Å². The van der Waals surface area contributed by atoms with Crippen LogP contribution in [0.15, 0.2) is 91.0 Å². The average molecular weight is 294 g/mol. The largest absolute Gasteiger partial charge is 0.0616 e. The zero-order valence-corrected chi connectivity index (χ0v) is 13.2. The third-order valence-corrected chi connectivity index (χ3v) is 4.35. The number of benzene rings is 4. The maximum Gasteiger partial charge on any atom is -0.0105 e. The number of rotatable bonds is 2. The molecule has 0 nitrogen and oxygen atoms in total. The Morgan fingerprint density at radius 1 is 0.478 bits per heavy atom. The lowest BCUT2D eigenvalue weighted by molar-refractivity contribution is 1.47. The Bertz CT molecular complexity index is 962. The molecule has 4 rings (SSSR count). The SMILES string of the molecule is Cc1ccc(-c2ccccc2-c2ccc3ccccc3c2)cc1. The van der Waals surface area contributed by atoms with Gasteiger partial charge in [0.05, 0.1) is 0 Å². The smallest absolute Gasteiger partial charge is 0.0105 e. The monoisotopic (exact) mass is 294 g/mol. The van der Waals surface area contributed by atoms with Crippen LogP contribution in [0.1, 0.15) is 5.56 Å². The average Bonchev–Trinajstić information content (AvgIpc) is 2.62. The van der Waals surface area contributed by atoms with Crippen LogP contribution in [0.5, 0.6) is 0 Å². The first-order chi connectivity index (χ1) is 11.3. The van der Waals surface area contributed by atoms with Crippen LogP contribution in [0.25, 0.3) is 33.0 Å². The van der Waals surface area contributed by atoms with Crippen LogP contribution in [0.2, 0.25) is 0 Å². The summed E-state index contributed by atoms with van der Waals surface area (Å²) in [5, 5.41) is 2.56. The van der Waals surface area contributed by atoms with Crippen molar-refractivity contribution < 1.29 is 0 Å². The molecule has 0 spiro atoms. The fourth-order valence-electron chi connectivity index (χ4n) is 3.08. The maximum absolute atomic E-state index is 2.28. The highest BCUT2D eigenvalue weighted by Gasteiger charge is 2.07. The molecule has 0 bridgehead atoms. The van der Waals surface area contributed by atoms with Crippen molar-refractivity contribution in [1.29, 1.82) is 0 Å². The summed E-state index contributed by atoms with van der Waals surface area (Å²) in [7, 11) is 0. The standard InChI is InChI=1S/C23H18/c1-17-10-12-19(13-11-17)22-8-4-5-9-23(22)21-15-14-18-6-2-3-7-20(18)16-21/h2-16H,1H3. The van der Waals surface area contributed by atoms with Crippen LogP contribution in [-0.2, 0) is 0 Å². The van der Waals surface area contributed by atoms with E-state index in [4.69, 9.17) is 0 Å². The van der Waals surface area contributed by atoms with Crippen LogP contribution in [-0.4, -0.2) is 0 Å². The van der Waals surface area contributed by atoms with Crippen LogP contribution in [0.3, 0.4) is 0 Å². The Morgan fingerprint density at radius 2 is 1.04 bits per heavy atom. The summed E-state index contributed by atoms with van der Waals surface area (Å²) in [5.41, 5.74) is 6.38. The molecular weight excluding hydrogens is 276 g/mol. The molecule has 0 unspecified atom stereocenters. The molecule has 0 heteroatoms. The fourth-order valence-corrected chi connectivity index (χ4v) is 3.08. The van der Waals surface area contributed by atoms with Gasteiger partial charge >= 0.3 is 0 Å². The van der Waals surface area contributed by atoms with Crippen LogP contribution >= 0.6 is 0 Å². The number of aryl methyl sites for hydroxylation is 1. The summed E-state index contributed by atoms with van der Waals surface area (Å²) >= 11 is 0. The summed E-state index contributed by atoms with van der Waals surface area (Å²) in [6.07, 6.45) is 0. The second kappa shape index (κ2) is 5.73. The van der Waals surface area contributed by atoms with Crippen molar-refractivity contribution in [2.45, 2.75) is 6.92 Å². The van der Waals surface area contributed by atoms with Crippen molar-refractivity contribution in [2.75, 3.05) is 0 Å². The van der Waals surface area contributed by atoms with Gasteiger partial charge in [0, 0.05) is 0 Å². The number of hydrogen-bond donors (Lipinski definition) is 0. The zero-order chi connectivity index (χ0) is 15.6. The summed E-state index contributed by atoms with van der Waals surface area (Å²) in [6.45, 7) is 2.12. The van der Waals surface area contributed by atoms with Crippen molar-refractivity contribution in [3.8, 4) is 22.3 Å². The molecule has 0 saturated carbocycles. The summed E-state index contributed by atoms with van der Waals surface area (Å²) in [5.74, 6) is 0. The first kappa shape index (κ1) is 13.8. The van der Waals surface area contributed by atoms with Gasteiger partial charge in [-0.2, -0.15) is 0 Å². The molecule has 0 fully saturated rings. The van der Waals surface area contributed by atoms with E-state index in [9.17, 15) is 0 Å². The Balaban J connectivity index is 1.89. The lowest BCUT2D eigenvalue weighted by Crippen LogP contribution is -1.85. The minimum Gasteiger partial charge on any atom is -0.0616 e. The van der Waals surface area contributed by atoms with Gasteiger partial charge in [0.1, 0.15) is 0 Å². The van der Waals surface area contributed by atoms with E-state index >= 15 is 0 Å². The number of hydrogen-bond acceptors (Lipinski definition) is 0. The van der Waals surface area contributed by atoms with Gasteiger partial charge in [-0.3, -0.25) is 0 Å². The molecule has 0 aliphatic carbocycles. The first-order valence-electron chi connectivity index (χ1n) is 7.96. The molecule has 0 saturated heterocycles. The van der Waals surface area contributed by atoms with E-state index in [0.717, 1.165) is 0 Å². The highest BCUT2D eigenvalue weighted by molar-refractivity contribution is 5.91. The Morgan fingerprint density at radius 3 is 1.78 bits per heavy atom. The highest BCUT2D eigenvalue weighted by atomic mass is 14.1. The van der Waals surface area contributed by atoms with Crippen LogP contribution in [0.4, 0.5) is 0 Å². The maximum atomic E-state index is 2.28. The predicted molar refractivity (Wildman–Crippen MR) is 99.6 cm³/mol. The normalized spacial score (nSPS) is 10.8. The van der Waals surface area contributed by atoms with Gasteiger partial charge in [-0.05, 0) is 46.0 Å². The fraction of sp³-hybridized carbons (Fsp3) is 0.0435. The van der Waals surface area contributed by atoms with Gasteiger partial charge in [-0.1, -0.05) is 90.5 Å². The van der Waals surface area contributed by atoms with E-state index in [1.807, 2.05) is 0 Å². The van der Waals surface area contributed by atoms with E-state index in [0.29, 0.717) is 0 Å². The summed E-state index contributed by atoms with van der Waals surface area (Å²) in [6, 6.07) is 32.6. The molecule has 0 heterocycles. The van der Waals surface area contributed by atoms with E-state index in [2.05, 4.69) is 97.9 Å². The van der Waals surface area contributed by atoms with Crippen LogP contribution < -0.4 is 0 Å². The van der Waals surface area contributed by atoms with Gasteiger partial charge in [-0.25, -0.2) is 0 Å². The van der Waals surface area contributed by atoms with E-state index in [-0.39, 0.29) is 0 Å². The lowest BCUT2D eigenvalue weighted by atomic mass is 9.93. The first-order valence-corrected chi connectivity index (χ1v) is 7.96. The molecule has 0 aromatic heterocycles. The number of fused-ring (bicyclic) bond motifs is 1. The van der Waals surface area contributed by atoms with Crippen molar-refractivity contribution in [3.63, 3.8) is 0 Å².